The lowest BCUT2D eigenvalue weighted by Crippen LogP contribution is -2.42. The number of unbranched alkanes of at least 4 members (excludes halogenated alkanes) is 2. The van der Waals surface area contributed by atoms with E-state index < -0.39 is 0 Å². The molecule has 5 aliphatic rings. The maximum absolute atomic E-state index is 2.61. The fourth-order valence-corrected chi connectivity index (χ4v) is 10.9. The zero-order chi connectivity index (χ0) is 26.9. The molecule has 0 aromatic heterocycles. The van der Waals surface area contributed by atoms with E-state index in [1.807, 2.05) is 0 Å². The van der Waals surface area contributed by atoms with Crippen molar-refractivity contribution in [2.45, 2.75) is 176 Å². The van der Waals surface area contributed by atoms with E-state index in [0.29, 0.717) is 0 Å². The van der Waals surface area contributed by atoms with Crippen molar-refractivity contribution in [3.05, 3.63) is 0 Å². The van der Waals surface area contributed by atoms with E-state index in [1.54, 1.807) is 96.3 Å². The normalized spacial score (nSPS) is 43.3. The Bertz CT molecular complexity index is 620. The highest BCUT2D eigenvalue weighted by Gasteiger charge is 2.47. The summed E-state index contributed by atoms with van der Waals surface area (Å²) in [7, 11) is 0. The van der Waals surface area contributed by atoms with Gasteiger partial charge < -0.3 is 0 Å². The van der Waals surface area contributed by atoms with E-state index in [4.69, 9.17) is 0 Å². The topological polar surface area (TPSA) is 0 Å². The van der Waals surface area contributed by atoms with Gasteiger partial charge in [0.15, 0.2) is 0 Å². The summed E-state index contributed by atoms with van der Waals surface area (Å²) >= 11 is 0. The van der Waals surface area contributed by atoms with Crippen LogP contribution in [0.2, 0.25) is 0 Å². The van der Waals surface area contributed by atoms with Gasteiger partial charge >= 0.3 is 0 Å². The molecule has 7 atom stereocenters. The number of hydrogen-bond acceptors (Lipinski definition) is 0. The minimum atomic E-state index is 1.01. The van der Waals surface area contributed by atoms with Crippen LogP contribution >= 0.6 is 0 Å². The molecule has 0 aromatic rings. The molecule has 0 radical (unpaired) electrons. The van der Waals surface area contributed by atoms with Crippen molar-refractivity contribution < 1.29 is 0 Å². The minimum absolute atomic E-state index is 1.01. The van der Waals surface area contributed by atoms with Gasteiger partial charge in [-0.1, -0.05) is 118 Å². The first-order valence-electron chi connectivity index (χ1n) is 18.5. The Morgan fingerprint density at radius 1 is 0.526 bits per heavy atom. The molecule has 5 fully saturated rings. The summed E-state index contributed by atoms with van der Waals surface area (Å²) in [6.07, 6.45) is 33.5. The first-order valence-corrected chi connectivity index (χ1v) is 18.5. The van der Waals surface area contributed by atoms with Crippen molar-refractivity contribution in [1.82, 2.24) is 0 Å². The Labute approximate surface area is 240 Å². The van der Waals surface area contributed by atoms with Crippen molar-refractivity contribution in [2.24, 2.45) is 65.1 Å². The summed E-state index contributed by atoms with van der Waals surface area (Å²) in [6.45, 7) is 12.2. The molecule has 0 heterocycles. The summed E-state index contributed by atoms with van der Waals surface area (Å²) < 4.78 is 0. The standard InChI is InChI=1S/C22H40.C16H30/c1-4-6-9-20-16(3)15-19-8-7-10-21(19)22(20)18-13-11-17(5-2)12-14-18;1-3-4-5-14-7-10-15(11-8-14)16-9-6-13(2)12-16/h16-22H,4-15H2,1-3H3;13-16H,3-12H2,1-2H3. The van der Waals surface area contributed by atoms with Gasteiger partial charge in [0.25, 0.3) is 0 Å². The van der Waals surface area contributed by atoms with E-state index in [-0.39, 0.29) is 0 Å². The summed E-state index contributed by atoms with van der Waals surface area (Å²) in [5.74, 6) is 11.9. The highest BCUT2D eigenvalue weighted by atomic mass is 14.5. The molecule has 7 unspecified atom stereocenters. The van der Waals surface area contributed by atoms with Crippen LogP contribution in [-0.2, 0) is 0 Å². The molecule has 0 N–H and O–H groups in total. The van der Waals surface area contributed by atoms with E-state index in [2.05, 4.69) is 34.6 Å². The summed E-state index contributed by atoms with van der Waals surface area (Å²) in [6, 6.07) is 0. The predicted octanol–water partition coefficient (Wildman–Crippen LogP) is 12.5. The van der Waals surface area contributed by atoms with Crippen LogP contribution in [0.4, 0.5) is 0 Å². The highest BCUT2D eigenvalue weighted by molar-refractivity contribution is 4.97. The molecule has 5 rings (SSSR count). The third-order valence-corrected chi connectivity index (χ3v) is 13.3. The van der Waals surface area contributed by atoms with Gasteiger partial charge in [-0.15, -0.1) is 0 Å². The second kappa shape index (κ2) is 15.9. The van der Waals surface area contributed by atoms with Crippen molar-refractivity contribution in [3.8, 4) is 0 Å². The fraction of sp³-hybridized carbons (Fsp3) is 1.00. The molecule has 0 aromatic carbocycles. The highest BCUT2D eigenvalue weighted by Crippen LogP contribution is 2.56. The van der Waals surface area contributed by atoms with Crippen LogP contribution in [0.3, 0.4) is 0 Å². The molecule has 0 spiro atoms. The fourth-order valence-electron chi connectivity index (χ4n) is 10.9. The molecule has 0 aliphatic heterocycles. The molecule has 5 aliphatic carbocycles. The number of hydrogen-bond donors (Lipinski definition) is 0. The van der Waals surface area contributed by atoms with Crippen molar-refractivity contribution in [3.63, 3.8) is 0 Å². The third-order valence-electron chi connectivity index (χ3n) is 13.3. The zero-order valence-corrected chi connectivity index (χ0v) is 26.9. The van der Waals surface area contributed by atoms with E-state index in [1.165, 1.54) is 44.9 Å². The first kappa shape index (κ1) is 30.9. The quantitative estimate of drug-likeness (QED) is 0.280. The molecule has 0 amide bonds. The summed E-state index contributed by atoms with van der Waals surface area (Å²) in [5, 5.41) is 0. The van der Waals surface area contributed by atoms with Gasteiger partial charge in [-0.2, -0.15) is 0 Å². The second-order valence-corrected chi connectivity index (χ2v) is 15.7. The van der Waals surface area contributed by atoms with Gasteiger partial charge in [0.2, 0.25) is 0 Å². The van der Waals surface area contributed by atoms with Crippen molar-refractivity contribution in [2.75, 3.05) is 0 Å². The number of fused-ring (bicyclic) bond motifs is 1. The maximum atomic E-state index is 2.61. The Balaban J connectivity index is 0.000000186. The Kier molecular flexibility index (Phi) is 12.9. The van der Waals surface area contributed by atoms with Crippen LogP contribution in [0.25, 0.3) is 0 Å². The Hall–Kier alpha value is 0. The predicted molar refractivity (Wildman–Crippen MR) is 168 cm³/mol. The van der Waals surface area contributed by atoms with E-state index >= 15 is 0 Å². The van der Waals surface area contributed by atoms with Gasteiger partial charge in [0, 0.05) is 0 Å². The van der Waals surface area contributed by atoms with Crippen LogP contribution < -0.4 is 0 Å². The van der Waals surface area contributed by atoms with Gasteiger partial charge in [-0.25, -0.2) is 0 Å². The van der Waals surface area contributed by atoms with E-state index in [0.717, 1.165) is 65.1 Å². The molecular weight excluding hydrogens is 456 g/mol. The first-order chi connectivity index (χ1) is 18.5. The molecule has 38 heavy (non-hydrogen) atoms. The van der Waals surface area contributed by atoms with Crippen LogP contribution in [0.1, 0.15) is 176 Å². The van der Waals surface area contributed by atoms with Gasteiger partial charge in [-0.05, 0) is 123 Å². The monoisotopic (exact) mass is 527 g/mol. The SMILES string of the molecule is CCCCC1C(C)CC2CCCC2C1C1CCC(CC)CC1.CCCCC1CCC(C2CCC(C)C2)CC1. The largest absolute Gasteiger partial charge is 0.0654 e. The Morgan fingerprint density at radius 2 is 1.16 bits per heavy atom. The van der Waals surface area contributed by atoms with Crippen molar-refractivity contribution in [1.29, 1.82) is 0 Å². The average molecular weight is 527 g/mol. The molecular formula is C38H70. The van der Waals surface area contributed by atoms with Crippen LogP contribution in [-0.4, -0.2) is 0 Å². The third kappa shape index (κ3) is 8.28. The molecule has 222 valence electrons. The maximum Gasteiger partial charge on any atom is -0.0324 e. The smallest absolute Gasteiger partial charge is 0.0324 e. The minimum Gasteiger partial charge on any atom is -0.0654 e. The lowest BCUT2D eigenvalue weighted by molar-refractivity contribution is -0.00258. The van der Waals surface area contributed by atoms with Gasteiger partial charge in [-0.3, -0.25) is 0 Å². The number of rotatable bonds is 9. The lowest BCUT2D eigenvalue weighted by atomic mass is 9.56. The summed E-state index contributed by atoms with van der Waals surface area (Å²) in [5.41, 5.74) is 0. The van der Waals surface area contributed by atoms with Crippen LogP contribution in [0, 0.1) is 65.1 Å². The van der Waals surface area contributed by atoms with Crippen LogP contribution in [0.5, 0.6) is 0 Å². The second-order valence-electron chi connectivity index (χ2n) is 15.7. The molecule has 0 bridgehead atoms. The van der Waals surface area contributed by atoms with Crippen molar-refractivity contribution >= 4 is 0 Å². The average Bonchev–Trinajstić information content (AvgIpc) is 3.60. The van der Waals surface area contributed by atoms with Crippen LogP contribution in [0.15, 0.2) is 0 Å². The Morgan fingerprint density at radius 3 is 1.79 bits per heavy atom. The molecule has 5 saturated carbocycles. The van der Waals surface area contributed by atoms with Gasteiger partial charge in [0.05, 0.1) is 0 Å². The van der Waals surface area contributed by atoms with E-state index in [9.17, 15) is 0 Å². The molecule has 0 nitrogen and oxygen atoms in total. The molecule has 0 saturated heterocycles. The summed E-state index contributed by atoms with van der Waals surface area (Å²) in [4.78, 5) is 0. The molecule has 0 heteroatoms. The van der Waals surface area contributed by atoms with Gasteiger partial charge in [0.1, 0.15) is 0 Å². The lowest BCUT2D eigenvalue weighted by Gasteiger charge is -2.49. The zero-order valence-electron chi connectivity index (χ0n) is 26.9.